The molecule has 110 valence electrons. The van der Waals surface area contributed by atoms with Crippen LogP contribution in [-0.2, 0) is 6.42 Å². The molecule has 3 heteroatoms. The first kappa shape index (κ1) is 15.8. The minimum atomic E-state index is 0.0722. The van der Waals surface area contributed by atoms with Crippen molar-refractivity contribution in [1.82, 2.24) is 0 Å². The van der Waals surface area contributed by atoms with Crippen molar-refractivity contribution in [1.29, 1.82) is 0 Å². The van der Waals surface area contributed by atoms with Gasteiger partial charge in [0, 0.05) is 10.9 Å². The van der Waals surface area contributed by atoms with Gasteiger partial charge in [0.2, 0.25) is 0 Å². The van der Waals surface area contributed by atoms with E-state index in [1.807, 2.05) is 31.2 Å². The van der Waals surface area contributed by atoms with Crippen molar-refractivity contribution in [2.45, 2.75) is 27.2 Å². The third kappa shape index (κ3) is 3.94. The molecule has 0 heterocycles. The maximum absolute atomic E-state index is 12.6. The van der Waals surface area contributed by atoms with Crippen LogP contribution >= 0.6 is 15.9 Å². The van der Waals surface area contributed by atoms with Gasteiger partial charge in [0.1, 0.15) is 5.75 Å². The summed E-state index contributed by atoms with van der Waals surface area (Å²) in [5, 5.41) is 0. The summed E-state index contributed by atoms with van der Waals surface area (Å²) in [5.41, 5.74) is 4.11. The lowest BCUT2D eigenvalue weighted by Crippen LogP contribution is -2.07. The van der Waals surface area contributed by atoms with E-state index in [1.54, 1.807) is 0 Å². The van der Waals surface area contributed by atoms with Crippen LogP contribution in [0.1, 0.15) is 34.0 Å². The number of aryl methyl sites for hydroxylation is 2. The average molecular weight is 347 g/mol. The molecule has 0 atom stereocenters. The number of ketones is 1. The lowest BCUT2D eigenvalue weighted by Gasteiger charge is -2.10. The molecule has 2 nitrogen and oxygen atoms in total. The van der Waals surface area contributed by atoms with Crippen molar-refractivity contribution < 1.29 is 9.53 Å². The minimum absolute atomic E-state index is 0.0722. The maximum Gasteiger partial charge on any atom is 0.170 e. The lowest BCUT2D eigenvalue weighted by atomic mass is 9.99. The Hall–Kier alpha value is -1.61. The smallest absolute Gasteiger partial charge is 0.170 e. The molecule has 0 N–H and O–H groups in total. The second-order valence-electron chi connectivity index (χ2n) is 5.09. The van der Waals surface area contributed by atoms with Crippen LogP contribution in [0.25, 0.3) is 0 Å². The highest BCUT2D eigenvalue weighted by Gasteiger charge is 2.14. The van der Waals surface area contributed by atoms with E-state index in [1.165, 1.54) is 11.1 Å². The summed E-state index contributed by atoms with van der Waals surface area (Å²) in [6.07, 6.45) is 0.387. The van der Waals surface area contributed by atoms with Gasteiger partial charge in [-0.3, -0.25) is 4.79 Å². The number of hydrogen-bond donors (Lipinski definition) is 0. The molecule has 2 aromatic carbocycles. The number of benzene rings is 2. The van der Waals surface area contributed by atoms with Crippen LogP contribution < -0.4 is 4.74 Å². The summed E-state index contributed by atoms with van der Waals surface area (Å²) in [6, 6.07) is 11.7. The molecule has 0 bridgehead atoms. The number of rotatable bonds is 5. The van der Waals surface area contributed by atoms with Crippen LogP contribution in [-0.4, -0.2) is 12.4 Å². The summed E-state index contributed by atoms with van der Waals surface area (Å²) in [7, 11) is 0. The fraction of sp³-hybridized carbons (Fsp3) is 0.278. The van der Waals surface area contributed by atoms with E-state index in [0.717, 1.165) is 10.0 Å². The average Bonchev–Trinajstić information content (AvgIpc) is 2.45. The topological polar surface area (TPSA) is 26.3 Å². The molecule has 21 heavy (non-hydrogen) atoms. The fourth-order valence-corrected chi connectivity index (χ4v) is 2.56. The van der Waals surface area contributed by atoms with Gasteiger partial charge in [0.15, 0.2) is 5.78 Å². The van der Waals surface area contributed by atoms with Crippen molar-refractivity contribution in [2.24, 2.45) is 0 Å². The lowest BCUT2D eigenvalue weighted by molar-refractivity contribution is 0.0989. The van der Waals surface area contributed by atoms with E-state index in [4.69, 9.17) is 4.74 Å². The van der Waals surface area contributed by atoms with Gasteiger partial charge in [-0.05, 0) is 55.7 Å². The Kier molecular flexibility index (Phi) is 5.18. The van der Waals surface area contributed by atoms with E-state index < -0.39 is 0 Å². The molecule has 0 spiro atoms. The molecule has 0 fully saturated rings. The van der Waals surface area contributed by atoms with Gasteiger partial charge in [0.05, 0.1) is 12.2 Å². The molecular weight excluding hydrogens is 328 g/mol. The quantitative estimate of drug-likeness (QED) is 0.720. The van der Waals surface area contributed by atoms with Gasteiger partial charge < -0.3 is 4.74 Å². The molecule has 0 aliphatic rings. The number of carbonyl (C=O) groups excluding carboxylic acids is 1. The molecule has 2 aromatic rings. The second kappa shape index (κ2) is 6.90. The molecule has 0 amide bonds. The second-order valence-corrected chi connectivity index (χ2v) is 6.01. The summed E-state index contributed by atoms with van der Waals surface area (Å²) >= 11 is 3.41. The molecule has 0 radical (unpaired) electrons. The number of Topliss-reactive ketones (excluding diaryl/α,β-unsaturated/α-hetero) is 1. The van der Waals surface area contributed by atoms with Crippen LogP contribution in [0.2, 0.25) is 0 Å². The van der Waals surface area contributed by atoms with E-state index in [0.29, 0.717) is 24.3 Å². The Morgan fingerprint density at radius 3 is 2.52 bits per heavy atom. The number of ether oxygens (including phenoxy) is 1. The largest absolute Gasteiger partial charge is 0.493 e. The summed E-state index contributed by atoms with van der Waals surface area (Å²) in [4.78, 5) is 12.6. The molecular formula is C18H19BrO2. The third-order valence-electron chi connectivity index (χ3n) is 3.48. The molecule has 0 aliphatic heterocycles. The van der Waals surface area contributed by atoms with E-state index >= 15 is 0 Å². The van der Waals surface area contributed by atoms with Crippen molar-refractivity contribution >= 4 is 21.7 Å². The van der Waals surface area contributed by atoms with Crippen LogP contribution in [0.4, 0.5) is 0 Å². The van der Waals surface area contributed by atoms with Gasteiger partial charge in [-0.25, -0.2) is 0 Å². The molecule has 0 aliphatic carbocycles. The van der Waals surface area contributed by atoms with Gasteiger partial charge in [-0.15, -0.1) is 0 Å². The van der Waals surface area contributed by atoms with Crippen molar-refractivity contribution in [2.75, 3.05) is 6.61 Å². The van der Waals surface area contributed by atoms with Crippen LogP contribution in [0.3, 0.4) is 0 Å². The maximum atomic E-state index is 12.6. The molecule has 0 aromatic heterocycles. The Balaban J connectivity index is 2.27. The first-order valence-corrected chi connectivity index (χ1v) is 7.82. The SMILES string of the molecule is CCOc1ccc(Br)cc1C(=O)Cc1ccc(C)c(C)c1. The van der Waals surface area contributed by atoms with Crippen LogP contribution in [0.15, 0.2) is 40.9 Å². The van der Waals surface area contributed by atoms with Gasteiger partial charge >= 0.3 is 0 Å². The van der Waals surface area contributed by atoms with E-state index in [9.17, 15) is 4.79 Å². The monoisotopic (exact) mass is 346 g/mol. The summed E-state index contributed by atoms with van der Waals surface area (Å²) in [5.74, 6) is 0.720. The van der Waals surface area contributed by atoms with Gasteiger partial charge in [0.25, 0.3) is 0 Å². The minimum Gasteiger partial charge on any atom is -0.493 e. The van der Waals surface area contributed by atoms with Gasteiger partial charge in [-0.1, -0.05) is 34.1 Å². The number of carbonyl (C=O) groups is 1. The Bertz CT molecular complexity index is 662. The zero-order valence-corrected chi connectivity index (χ0v) is 14.2. The van der Waals surface area contributed by atoms with E-state index in [2.05, 4.69) is 41.9 Å². The summed E-state index contributed by atoms with van der Waals surface area (Å²) in [6.45, 7) is 6.60. The first-order valence-electron chi connectivity index (χ1n) is 7.03. The van der Waals surface area contributed by atoms with E-state index in [-0.39, 0.29) is 5.78 Å². The number of halogens is 1. The predicted molar refractivity (Wildman–Crippen MR) is 89.3 cm³/mol. The number of hydrogen-bond acceptors (Lipinski definition) is 2. The standard InChI is InChI=1S/C18H19BrO2/c1-4-21-18-8-7-15(19)11-16(18)17(20)10-14-6-5-12(2)13(3)9-14/h5-9,11H,4,10H2,1-3H3. The predicted octanol–water partition coefficient (Wildman–Crippen LogP) is 4.89. The molecule has 0 saturated carbocycles. The van der Waals surface area contributed by atoms with Crippen LogP contribution in [0.5, 0.6) is 5.75 Å². The zero-order chi connectivity index (χ0) is 15.4. The highest BCUT2D eigenvalue weighted by atomic mass is 79.9. The Labute approximate surface area is 134 Å². The van der Waals surface area contributed by atoms with Crippen LogP contribution in [0, 0.1) is 13.8 Å². The highest BCUT2D eigenvalue weighted by Crippen LogP contribution is 2.25. The first-order chi connectivity index (χ1) is 10.0. The van der Waals surface area contributed by atoms with Gasteiger partial charge in [-0.2, -0.15) is 0 Å². The zero-order valence-electron chi connectivity index (χ0n) is 12.6. The Morgan fingerprint density at radius 1 is 1.10 bits per heavy atom. The molecule has 0 unspecified atom stereocenters. The van der Waals surface area contributed by atoms with Crippen molar-refractivity contribution in [3.63, 3.8) is 0 Å². The molecule has 2 rings (SSSR count). The van der Waals surface area contributed by atoms with Crippen molar-refractivity contribution in [3.8, 4) is 5.75 Å². The van der Waals surface area contributed by atoms with Crippen molar-refractivity contribution in [3.05, 3.63) is 63.1 Å². The Morgan fingerprint density at radius 2 is 1.86 bits per heavy atom. The normalized spacial score (nSPS) is 10.5. The molecule has 0 saturated heterocycles. The highest BCUT2D eigenvalue weighted by molar-refractivity contribution is 9.10. The summed E-state index contributed by atoms with van der Waals surface area (Å²) < 4.78 is 6.44. The fourth-order valence-electron chi connectivity index (χ4n) is 2.20. The third-order valence-corrected chi connectivity index (χ3v) is 3.97.